The first-order valence-corrected chi connectivity index (χ1v) is 29.8. The summed E-state index contributed by atoms with van der Waals surface area (Å²) in [5.41, 5.74) is 9.04. The summed E-state index contributed by atoms with van der Waals surface area (Å²) in [5.74, 6) is 4.01. The maximum Gasteiger partial charge on any atom is 0.250 e. The Bertz CT molecular complexity index is 1490. The first-order valence-electron chi connectivity index (χ1n) is 18.2. The van der Waals surface area contributed by atoms with E-state index in [1.165, 1.54) is 0 Å². The lowest BCUT2D eigenvalue weighted by Crippen LogP contribution is -2.46. The summed E-state index contributed by atoms with van der Waals surface area (Å²) in [6.07, 6.45) is 0.255. The summed E-state index contributed by atoms with van der Waals surface area (Å²) in [7, 11) is -8.65. The van der Waals surface area contributed by atoms with Gasteiger partial charge >= 0.3 is 0 Å². The van der Waals surface area contributed by atoms with E-state index in [-0.39, 0.29) is 32.3 Å². The van der Waals surface area contributed by atoms with E-state index in [1.807, 2.05) is 0 Å². The molecular weight excluding hydrogens is 675 g/mol. The summed E-state index contributed by atoms with van der Waals surface area (Å²) in [6, 6.07) is 10.2. The monoisotopic (exact) mass is 745 g/mol. The van der Waals surface area contributed by atoms with Crippen LogP contribution in [0.4, 0.5) is 0 Å². The molecule has 278 valence electrons. The van der Waals surface area contributed by atoms with E-state index in [0.29, 0.717) is 6.42 Å². The third kappa shape index (κ3) is 9.20. The minimum atomic E-state index is -2.20. The molecule has 0 radical (unpaired) electrons. The lowest BCUT2D eigenvalue weighted by Gasteiger charge is -2.41. The smallest absolute Gasteiger partial charge is 0.250 e. The molecule has 0 aliphatic carbocycles. The average Bonchev–Trinajstić information content (AvgIpc) is 2.86. The molecule has 2 aromatic carbocycles. The van der Waals surface area contributed by atoms with Crippen molar-refractivity contribution in [3.05, 3.63) is 41.5 Å². The molecule has 1 aliphatic heterocycles. The van der Waals surface area contributed by atoms with Gasteiger partial charge in [-0.3, -0.25) is 0 Å². The van der Waals surface area contributed by atoms with E-state index in [9.17, 15) is 0 Å². The molecule has 2 aromatic rings. The number of hydrogen-bond acceptors (Lipinski definition) is 6. The molecule has 2 N–H and O–H groups in total. The van der Waals surface area contributed by atoms with Crippen LogP contribution in [0.25, 0.3) is 0 Å². The van der Waals surface area contributed by atoms with Gasteiger partial charge < -0.3 is 28.2 Å². The maximum atomic E-state index is 7.03. The van der Waals surface area contributed by atoms with Gasteiger partial charge in [-0.05, 0) is 96.6 Å². The van der Waals surface area contributed by atoms with E-state index in [4.69, 9.17) is 28.2 Å². The molecule has 3 rings (SSSR count). The van der Waals surface area contributed by atoms with Crippen molar-refractivity contribution in [1.82, 2.24) is 0 Å². The minimum absolute atomic E-state index is 0.0228. The van der Waals surface area contributed by atoms with Gasteiger partial charge in [0.2, 0.25) is 16.6 Å². The van der Waals surface area contributed by atoms with Gasteiger partial charge in [0.1, 0.15) is 34.9 Å². The Hall–Kier alpha value is -1.73. The zero-order chi connectivity index (χ0) is 38.0. The summed E-state index contributed by atoms with van der Waals surface area (Å²) >= 11 is 0. The van der Waals surface area contributed by atoms with E-state index in [1.54, 1.807) is 0 Å². The predicted molar refractivity (Wildman–Crippen MR) is 219 cm³/mol. The Morgan fingerprint density at radius 1 is 0.551 bits per heavy atom. The zero-order valence-electron chi connectivity index (χ0n) is 34.9. The number of rotatable bonds is 9. The highest BCUT2D eigenvalue weighted by Crippen LogP contribution is 2.49. The number of fused-ring (bicyclic) bond motifs is 1. The van der Waals surface area contributed by atoms with Gasteiger partial charge in [-0.2, -0.15) is 0 Å². The summed E-state index contributed by atoms with van der Waals surface area (Å²) < 4.78 is 34.7. The molecule has 0 fully saturated rings. The van der Waals surface area contributed by atoms with Gasteiger partial charge in [-0.1, -0.05) is 89.2 Å². The van der Waals surface area contributed by atoms with Crippen LogP contribution in [-0.4, -0.2) is 39.3 Å². The van der Waals surface area contributed by atoms with Crippen LogP contribution >= 0.6 is 0 Å². The van der Waals surface area contributed by atoms with Crippen LogP contribution in [0.15, 0.2) is 30.3 Å². The van der Waals surface area contributed by atoms with Crippen molar-refractivity contribution in [3.8, 4) is 28.7 Å². The third-order valence-corrected chi connectivity index (χ3v) is 29.6. The first-order chi connectivity index (χ1) is 21.7. The van der Waals surface area contributed by atoms with Crippen molar-refractivity contribution in [2.24, 2.45) is 5.73 Å². The van der Waals surface area contributed by atoms with E-state index < -0.39 is 33.3 Å². The number of hydrogen-bond donors (Lipinski definition) is 1. The summed E-state index contributed by atoms with van der Waals surface area (Å²) in [4.78, 5) is 0. The molecule has 0 unspecified atom stereocenters. The predicted octanol–water partition coefficient (Wildman–Crippen LogP) is 12.2. The fourth-order valence-corrected chi connectivity index (χ4v) is 8.62. The normalized spacial score (nSPS) is 18.4. The fourth-order valence-electron chi connectivity index (χ4n) is 4.53. The Labute approximate surface area is 304 Å². The fraction of sp³-hybridized carbons (Fsp3) is 0.692. The van der Waals surface area contributed by atoms with Gasteiger partial charge in [-0.15, -0.1) is 0 Å². The van der Waals surface area contributed by atoms with Crippen molar-refractivity contribution in [1.29, 1.82) is 0 Å². The van der Waals surface area contributed by atoms with Crippen LogP contribution < -0.4 is 28.2 Å². The topological polar surface area (TPSA) is 72.2 Å². The number of benzene rings is 2. The van der Waals surface area contributed by atoms with E-state index in [0.717, 1.165) is 39.9 Å². The second kappa shape index (κ2) is 13.4. The molecule has 10 heteroatoms. The molecule has 1 heterocycles. The summed E-state index contributed by atoms with van der Waals surface area (Å²) in [6.45, 7) is 45.4. The molecule has 0 saturated carbocycles. The molecule has 6 nitrogen and oxygen atoms in total. The van der Waals surface area contributed by atoms with Crippen LogP contribution in [0, 0.1) is 0 Å². The van der Waals surface area contributed by atoms with Crippen LogP contribution in [0.1, 0.15) is 100 Å². The SMILES string of the molecule is CC(C)(C)[Si](C)(C)Oc1cc2c(c(O[Si](C)(C)C(C)(C)C)c1)C[C@@H](N)[C@@H](c1ccc(O[Si](C)(C)C(C)(C)C)c(O[Si](C)(C)C(C)(C)C)c1)O2. The second-order valence-electron chi connectivity index (χ2n) is 20.5. The molecule has 2 atom stereocenters. The Morgan fingerprint density at radius 2 is 0.959 bits per heavy atom. The summed E-state index contributed by atoms with van der Waals surface area (Å²) in [5, 5.41) is 0.150. The quantitative estimate of drug-likeness (QED) is 0.258. The van der Waals surface area contributed by atoms with Crippen LogP contribution in [0.2, 0.25) is 72.5 Å². The Balaban J connectivity index is 2.17. The van der Waals surface area contributed by atoms with E-state index in [2.05, 4.69) is 166 Å². The van der Waals surface area contributed by atoms with Gasteiger partial charge in [0, 0.05) is 17.7 Å². The van der Waals surface area contributed by atoms with Crippen molar-refractivity contribution < 1.29 is 22.4 Å². The van der Waals surface area contributed by atoms with Crippen molar-refractivity contribution >= 4 is 33.3 Å². The third-order valence-electron chi connectivity index (χ3n) is 12.2. The maximum absolute atomic E-state index is 7.03. The lowest BCUT2D eigenvalue weighted by atomic mass is 9.92. The number of nitrogens with two attached hydrogens (primary N) is 1. The Kier molecular flexibility index (Phi) is 11.4. The molecule has 0 amide bonds. The van der Waals surface area contributed by atoms with Gasteiger partial charge in [0.05, 0.1) is 6.04 Å². The van der Waals surface area contributed by atoms with Gasteiger partial charge in [-0.25, -0.2) is 0 Å². The van der Waals surface area contributed by atoms with Gasteiger partial charge in [0.15, 0.2) is 0 Å². The lowest BCUT2D eigenvalue weighted by molar-refractivity contribution is 0.151. The van der Waals surface area contributed by atoms with E-state index >= 15 is 0 Å². The van der Waals surface area contributed by atoms with Crippen LogP contribution in [0.3, 0.4) is 0 Å². The highest BCUT2D eigenvalue weighted by Gasteiger charge is 2.44. The molecule has 0 spiro atoms. The zero-order valence-corrected chi connectivity index (χ0v) is 38.9. The standard InChI is InChI=1S/C39H71NO5Si4/c1-36(2,3)46(13,14)42-28-24-32-29(33(25-28)44-48(17,18)38(7,8)9)26-30(40)35(41-32)27-21-22-31(43-47(15,16)37(4,5)6)34(23-27)45-49(19,20)39(10,11)12/h21-25,30,35H,26,40H2,1-20H3/t30-,35-/m1/s1. The molecule has 0 saturated heterocycles. The molecule has 1 aliphatic rings. The highest BCUT2D eigenvalue weighted by molar-refractivity contribution is 6.76. The Morgan fingerprint density at radius 3 is 1.41 bits per heavy atom. The largest absolute Gasteiger partial charge is 0.543 e. The molecule has 0 aromatic heterocycles. The average molecular weight is 746 g/mol. The number of ether oxygens (including phenoxy) is 1. The van der Waals surface area contributed by atoms with Gasteiger partial charge in [0.25, 0.3) is 16.6 Å². The minimum Gasteiger partial charge on any atom is -0.543 e. The van der Waals surface area contributed by atoms with Crippen molar-refractivity contribution in [2.45, 2.75) is 174 Å². The molecule has 0 bridgehead atoms. The highest BCUT2D eigenvalue weighted by atomic mass is 28.4. The van der Waals surface area contributed by atoms with Crippen molar-refractivity contribution in [3.63, 3.8) is 0 Å². The van der Waals surface area contributed by atoms with Crippen LogP contribution in [-0.2, 0) is 6.42 Å². The van der Waals surface area contributed by atoms with Crippen molar-refractivity contribution in [2.75, 3.05) is 0 Å². The molecular formula is C39H71NO5Si4. The second-order valence-corrected chi connectivity index (χ2v) is 39.4. The van der Waals surface area contributed by atoms with Crippen LogP contribution in [0.5, 0.6) is 28.7 Å². The molecule has 49 heavy (non-hydrogen) atoms. The first kappa shape index (κ1) is 41.7.